The molecule has 0 radical (unpaired) electrons. The van der Waals surface area contributed by atoms with E-state index < -0.39 is 0 Å². The number of rotatable bonds is 6. The van der Waals surface area contributed by atoms with Gasteiger partial charge in [-0.1, -0.05) is 26.7 Å². The summed E-state index contributed by atoms with van der Waals surface area (Å²) in [5.41, 5.74) is 0.841. The highest BCUT2D eigenvalue weighted by atomic mass is 35.5. The van der Waals surface area contributed by atoms with Crippen molar-refractivity contribution in [1.82, 2.24) is 14.6 Å². The van der Waals surface area contributed by atoms with Crippen molar-refractivity contribution in [1.29, 1.82) is 0 Å². The molecule has 98 valence electrons. The molecule has 2 heterocycles. The molecule has 0 spiro atoms. The van der Waals surface area contributed by atoms with Crippen LogP contribution in [-0.4, -0.2) is 26.5 Å². The van der Waals surface area contributed by atoms with E-state index in [1.807, 2.05) is 18.3 Å². The molecule has 1 unspecified atom stereocenters. The Morgan fingerprint density at radius 2 is 2.11 bits per heavy atom. The lowest BCUT2D eigenvalue weighted by atomic mass is 9.99. The lowest BCUT2D eigenvalue weighted by Crippen LogP contribution is -2.23. The van der Waals surface area contributed by atoms with Gasteiger partial charge in [0.1, 0.15) is 5.82 Å². The van der Waals surface area contributed by atoms with Crippen molar-refractivity contribution < 1.29 is 0 Å². The third-order valence-corrected chi connectivity index (χ3v) is 3.81. The maximum Gasteiger partial charge on any atom is 0.157 e. The molecule has 0 saturated carbocycles. The average molecular weight is 267 g/mol. The van der Waals surface area contributed by atoms with E-state index in [0.717, 1.165) is 30.9 Å². The molecule has 0 aliphatic rings. The van der Waals surface area contributed by atoms with Crippen LogP contribution in [0.5, 0.6) is 0 Å². The molecule has 18 heavy (non-hydrogen) atoms. The van der Waals surface area contributed by atoms with Crippen LogP contribution in [0.25, 0.3) is 5.65 Å². The Morgan fingerprint density at radius 1 is 1.33 bits per heavy atom. The maximum atomic E-state index is 6.39. The van der Waals surface area contributed by atoms with Crippen molar-refractivity contribution in [2.24, 2.45) is 5.92 Å². The van der Waals surface area contributed by atoms with Crippen LogP contribution in [0.15, 0.2) is 24.5 Å². The third-order valence-electron chi connectivity index (χ3n) is 3.30. The van der Waals surface area contributed by atoms with Gasteiger partial charge in [0.15, 0.2) is 5.65 Å². The van der Waals surface area contributed by atoms with Gasteiger partial charge in [-0.2, -0.15) is 5.10 Å². The molecule has 4 nitrogen and oxygen atoms in total. The Labute approximate surface area is 112 Å². The second-order valence-corrected chi connectivity index (χ2v) is 4.98. The molecule has 0 amide bonds. The molecule has 0 aromatic carbocycles. The van der Waals surface area contributed by atoms with Crippen molar-refractivity contribution in [2.75, 3.05) is 11.9 Å². The molecule has 5 heteroatoms. The fourth-order valence-corrected chi connectivity index (χ4v) is 2.51. The fraction of sp³-hybridized carbons (Fsp3) is 0.538. The lowest BCUT2D eigenvalue weighted by molar-refractivity contribution is 0.475. The number of halogens is 1. The molecule has 1 N–H and O–H groups in total. The summed E-state index contributed by atoms with van der Waals surface area (Å²) in [5, 5.41) is 7.54. The van der Waals surface area contributed by atoms with Gasteiger partial charge in [-0.15, -0.1) is 11.6 Å². The zero-order valence-electron chi connectivity index (χ0n) is 10.8. The molecule has 0 saturated heterocycles. The number of hydrogen-bond acceptors (Lipinski definition) is 3. The molecule has 0 aliphatic carbocycles. The number of hydrogen-bond donors (Lipinski definition) is 1. The van der Waals surface area contributed by atoms with Crippen LogP contribution in [0.2, 0.25) is 0 Å². The van der Waals surface area contributed by atoms with Crippen LogP contribution in [0, 0.1) is 5.92 Å². The van der Waals surface area contributed by atoms with Crippen molar-refractivity contribution in [3.63, 3.8) is 0 Å². The smallest absolute Gasteiger partial charge is 0.157 e. The first-order valence-electron chi connectivity index (χ1n) is 6.43. The van der Waals surface area contributed by atoms with Gasteiger partial charge in [0.05, 0.1) is 11.6 Å². The number of nitrogens with zero attached hydrogens (tertiary/aromatic N) is 3. The summed E-state index contributed by atoms with van der Waals surface area (Å²) in [6, 6.07) is 3.79. The second kappa shape index (κ2) is 6.05. The number of alkyl halides is 1. The average Bonchev–Trinajstić information content (AvgIpc) is 2.85. The molecule has 0 bridgehead atoms. The highest BCUT2D eigenvalue weighted by Crippen LogP contribution is 2.19. The molecule has 2 rings (SSSR count). The molecular weight excluding hydrogens is 248 g/mol. The highest BCUT2D eigenvalue weighted by molar-refractivity contribution is 6.21. The van der Waals surface area contributed by atoms with Crippen LogP contribution >= 0.6 is 11.6 Å². The first-order chi connectivity index (χ1) is 8.74. The number of nitrogens with one attached hydrogen (secondary N) is 1. The molecule has 2 aromatic rings. The predicted molar refractivity (Wildman–Crippen MR) is 75.2 cm³/mol. The van der Waals surface area contributed by atoms with Crippen LogP contribution < -0.4 is 5.32 Å². The minimum absolute atomic E-state index is 0.142. The first kappa shape index (κ1) is 13.1. The normalized spacial score (nSPS) is 13.1. The SMILES string of the molecule is CCC(CC)C(Cl)CNc1ccn2nccc2n1. The molecular formula is C13H19ClN4. The molecule has 0 aliphatic heterocycles. The van der Waals surface area contributed by atoms with E-state index in [9.17, 15) is 0 Å². The van der Waals surface area contributed by atoms with Gasteiger partial charge < -0.3 is 5.32 Å². The minimum atomic E-state index is 0.142. The van der Waals surface area contributed by atoms with Gasteiger partial charge in [0.25, 0.3) is 0 Å². The van der Waals surface area contributed by atoms with E-state index in [1.165, 1.54) is 0 Å². The van der Waals surface area contributed by atoms with Gasteiger partial charge in [0, 0.05) is 18.8 Å². The summed E-state index contributed by atoms with van der Waals surface area (Å²) in [6.45, 7) is 5.10. The van der Waals surface area contributed by atoms with E-state index in [2.05, 4.69) is 29.2 Å². The topological polar surface area (TPSA) is 42.2 Å². The van der Waals surface area contributed by atoms with Crippen molar-refractivity contribution in [3.8, 4) is 0 Å². The van der Waals surface area contributed by atoms with Crippen LogP contribution in [-0.2, 0) is 0 Å². The van der Waals surface area contributed by atoms with Gasteiger partial charge in [-0.05, 0) is 12.0 Å². The standard InChI is InChI=1S/C13H19ClN4/c1-3-10(4-2)11(14)9-15-12-6-8-18-13(17-12)5-7-16-18/h5-8,10-11H,3-4,9H2,1-2H3,(H,15,17). The van der Waals surface area contributed by atoms with Crippen LogP contribution in [0.4, 0.5) is 5.82 Å². The first-order valence-corrected chi connectivity index (χ1v) is 6.86. The minimum Gasteiger partial charge on any atom is -0.368 e. The Bertz CT molecular complexity index is 492. The quantitative estimate of drug-likeness (QED) is 0.817. The van der Waals surface area contributed by atoms with Crippen LogP contribution in [0.1, 0.15) is 26.7 Å². The predicted octanol–water partition coefficient (Wildman–Crippen LogP) is 3.18. The largest absolute Gasteiger partial charge is 0.368 e. The Morgan fingerprint density at radius 3 is 2.83 bits per heavy atom. The Hall–Kier alpha value is -1.29. The monoisotopic (exact) mass is 266 g/mol. The zero-order valence-corrected chi connectivity index (χ0v) is 11.6. The van der Waals surface area contributed by atoms with Crippen molar-refractivity contribution in [3.05, 3.63) is 24.5 Å². The number of aromatic nitrogens is 3. The molecule has 1 atom stereocenters. The Balaban J connectivity index is 1.96. The van der Waals surface area contributed by atoms with Crippen molar-refractivity contribution >= 4 is 23.1 Å². The van der Waals surface area contributed by atoms with Crippen LogP contribution in [0.3, 0.4) is 0 Å². The highest BCUT2D eigenvalue weighted by Gasteiger charge is 2.15. The van der Waals surface area contributed by atoms with E-state index in [4.69, 9.17) is 11.6 Å². The van der Waals surface area contributed by atoms with Gasteiger partial charge in [-0.25, -0.2) is 9.50 Å². The summed E-state index contributed by atoms with van der Waals surface area (Å²) in [6.07, 6.45) is 5.86. The summed E-state index contributed by atoms with van der Waals surface area (Å²) in [4.78, 5) is 4.45. The van der Waals surface area contributed by atoms with E-state index >= 15 is 0 Å². The number of fused-ring (bicyclic) bond motifs is 1. The van der Waals surface area contributed by atoms with E-state index in [1.54, 1.807) is 10.7 Å². The summed E-state index contributed by atoms with van der Waals surface area (Å²) in [7, 11) is 0. The number of anilines is 1. The van der Waals surface area contributed by atoms with Crippen molar-refractivity contribution in [2.45, 2.75) is 32.1 Å². The van der Waals surface area contributed by atoms with Gasteiger partial charge >= 0.3 is 0 Å². The third kappa shape index (κ3) is 2.93. The second-order valence-electron chi connectivity index (χ2n) is 4.42. The fourth-order valence-electron chi connectivity index (χ4n) is 2.08. The Kier molecular flexibility index (Phi) is 4.42. The van der Waals surface area contributed by atoms with Gasteiger partial charge in [0.2, 0.25) is 0 Å². The molecule has 2 aromatic heterocycles. The summed E-state index contributed by atoms with van der Waals surface area (Å²) in [5.74, 6) is 1.40. The maximum absolute atomic E-state index is 6.39. The van der Waals surface area contributed by atoms with E-state index in [-0.39, 0.29) is 5.38 Å². The van der Waals surface area contributed by atoms with E-state index in [0.29, 0.717) is 5.92 Å². The zero-order chi connectivity index (χ0) is 13.0. The van der Waals surface area contributed by atoms with Gasteiger partial charge in [-0.3, -0.25) is 0 Å². The summed E-state index contributed by atoms with van der Waals surface area (Å²) < 4.78 is 1.74. The molecule has 0 fully saturated rings. The summed E-state index contributed by atoms with van der Waals surface area (Å²) >= 11 is 6.39. The lowest BCUT2D eigenvalue weighted by Gasteiger charge is -2.19.